The maximum absolute atomic E-state index is 11.7. The summed E-state index contributed by atoms with van der Waals surface area (Å²) in [5.41, 5.74) is 0. The second-order valence-electron chi connectivity index (χ2n) is 4.37. The van der Waals surface area contributed by atoms with Crippen LogP contribution in [0.3, 0.4) is 0 Å². The number of nitrogens with zero attached hydrogens (tertiary/aromatic N) is 1. The molecule has 0 aliphatic carbocycles. The van der Waals surface area contributed by atoms with Crippen molar-refractivity contribution < 1.29 is 23.1 Å². The number of methoxy groups -OCH3 is 1. The molecule has 1 saturated heterocycles. The van der Waals surface area contributed by atoms with E-state index < -0.39 is 21.9 Å². The Morgan fingerprint density at radius 1 is 1.53 bits per heavy atom. The zero-order valence-corrected chi connectivity index (χ0v) is 10.9. The van der Waals surface area contributed by atoms with E-state index in [0.717, 1.165) is 0 Å². The van der Waals surface area contributed by atoms with Crippen molar-refractivity contribution in [1.29, 1.82) is 0 Å². The molecule has 17 heavy (non-hydrogen) atoms. The van der Waals surface area contributed by atoms with Gasteiger partial charge in [-0.1, -0.05) is 6.92 Å². The highest BCUT2D eigenvalue weighted by Crippen LogP contribution is 2.26. The molecule has 1 heterocycles. The Labute approximate surface area is 102 Å². The van der Waals surface area contributed by atoms with Gasteiger partial charge in [0.05, 0.1) is 11.7 Å². The summed E-state index contributed by atoms with van der Waals surface area (Å²) in [5, 5.41) is 8.80. The highest BCUT2D eigenvalue weighted by Gasteiger charge is 2.40. The summed E-state index contributed by atoms with van der Waals surface area (Å²) < 4.78 is 29.6. The summed E-state index contributed by atoms with van der Waals surface area (Å²) in [5.74, 6) is -1.36. The fourth-order valence-corrected chi connectivity index (χ4v) is 3.31. The molecule has 0 bridgehead atoms. The zero-order valence-electron chi connectivity index (χ0n) is 10.1. The van der Waals surface area contributed by atoms with E-state index in [1.807, 2.05) is 0 Å². The molecule has 1 aliphatic rings. The van der Waals surface area contributed by atoms with Crippen LogP contribution in [-0.2, 0) is 19.6 Å². The summed E-state index contributed by atoms with van der Waals surface area (Å²) in [6.07, 6.45) is 0.467. The largest absolute Gasteiger partial charge is 0.481 e. The van der Waals surface area contributed by atoms with E-state index in [-0.39, 0.29) is 11.7 Å². The Hall–Kier alpha value is -0.660. The first kappa shape index (κ1) is 14.4. The number of carboxylic acids is 1. The van der Waals surface area contributed by atoms with Crippen molar-refractivity contribution >= 4 is 16.0 Å². The molecule has 0 aromatic rings. The molecule has 0 spiro atoms. The molecule has 7 heteroatoms. The number of carbonyl (C=O) groups is 1. The summed E-state index contributed by atoms with van der Waals surface area (Å²) in [4.78, 5) is 10.7. The van der Waals surface area contributed by atoms with E-state index in [2.05, 4.69) is 0 Å². The topological polar surface area (TPSA) is 83.9 Å². The van der Waals surface area contributed by atoms with Crippen LogP contribution >= 0.6 is 0 Å². The molecule has 0 aromatic heterocycles. The first-order chi connectivity index (χ1) is 7.88. The Kier molecular flexibility index (Phi) is 4.91. The lowest BCUT2D eigenvalue weighted by Crippen LogP contribution is -2.54. The van der Waals surface area contributed by atoms with Crippen molar-refractivity contribution in [3.63, 3.8) is 0 Å². The van der Waals surface area contributed by atoms with Gasteiger partial charge in [0.25, 0.3) is 0 Å². The first-order valence-electron chi connectivity index (χ1n) is 5.58. The summed E-state index contributed by atoms with van der Waals surface area (Å²) in [7, 11) is -1.70. The predicted octanol–water partition coefficient (Wildman–Crippen LogP) is 0.00520. The molecule has 6 nitrogen and oxygen atoms in total. The van der Waals surface area contributed by atoms with E-state index in [1.165, 1.54) is 11.4 Å². The fraction of sp³-hybridized carbons (Fsp3) is 0.900. The van der Waals surface area contributed by atoms with Crippen LogP contribution in [-0.4, -0.2) is 56.4 Å². The number of hydrogen-bond donors (Lipinski definition) is 1. The lowest BCUT2D eigenvalue weighted by atomic mass is 9.89. The third-order valence-electron chi connectivity index (χ3n) is 3.12. The van der Waals surface area contributed by atoms with E-state index in [1.54, 1.807) is 6.92 Å². The predicted molar refractivity (Wildman–Crippen MR) is 62.1 cm³/mol. The average Bonchev–Trinajstić information content (AvgIpc) is 2.14. The molecule has 1 N–H and O–H groups in total. The summed E-state index contributed by atoms with van der Waals surface area (Å²) in [6, 6.07) is 0. The SMILES string of the molecule is COCCCS(=O)(=O)N1CC(C(C)C(=O)O)C1. The highest BCUT2D eigenvalue weighted by molar-refractivity contribution is 7.89. The molecule has 100 valence electrons. The summed E-state index contributed by atoms with van der Waals surface area (Å²) >= 11 is 0. The second kappa shape index (κ2) is 5.79. The first-order valence-corrected chi connectivity index (χ1v) is 7.19. The Bertz CT molecular complexity index is 361. The quantitative estimate of drug-likeness (QED) is 0.655. The lowest BCUT2D eigenvalue weighted by molar-refractivity contribution is -0.144. The molecular weight excluding hydrogens is 246 g/mol. The minimum Gasteiger partial charge on any atom is -0.481 e. The lowest BCUT2D eigenvalue weighted by Gasteiger charge is -2.40. The van der Waals surface area contributed by atoms with Crippen molar-refractivity contribution in [3.05, 3.63) is 0 Å². The maximum atomic E-state index is 11.7. The van der Waals surface area contributed by atoms with Crippen LogP contribution in [0.4, 0.5) is 0 Å². The molecule has 0 saturated carbocycles. The van der Waals surface area contributed by atoms with E-state index in [4.69, 9.17) is 9.84 Å². The molecule has 1 rings (SSSR count). The number of carboxylic acid groups (broad SMARTS) is 1. The van der Waals surface area contributed by atoms with Crippen LogP contribution in [0, 0.1) is 11.8 Å². The number of hydrogen-bond acceptors (Lipinski definition) is 4. The minimum atomic E-state index is -3.23. The van der Waals surface area contributed by atoms with Crippen molar-refractivity contribution in [2.75, 3.05) is 32.6 Å². The normalized spacial score (nSPS) is 19.9. The molecule has 0 radical (unpaired) electrons. The van der Waals surface area contributed by atoms with Crippen molar-refractivity contribution in [2.45, 2.75) is 13.3 Å². The van der Waals surface area contributed by atoms with Crippen molar-refractivity contribution in [3.8, 4) is 0 Å². The minimum absolute atomic E-state index is 0.0645. The molecule has 0 amide bonds. The molecular formula is C10H19NO5S. The van der Waals surface area contributed by atoms with Gasteiger partial charge in [-0.25, -0.2) is 12.7 Å². The number of aliphatic carboxylic acids is 1. The van der Waals surface area contributed by atoms with Gasteiger partial charge in [-0.2, -0.15) is 0 Å². The van der Waals surface area contributed by atoms with Gasteiger partial charge >= 0.3 is 5.97 Å². The van der Waals surface area contributed by atoms with Gasteiger partial charge in [0.15, 0.2) is 0 Å². The molecule has 0 aromatic carbocycles. The number of sulfonamides is 1. The average molecular weight is 265 g/mol. The van der Waals surface area contributed by atoms with Crippen LogP contribution in [0.1, 0.15) is 13.3 Å². The highest BCUT2D eigenvalue weighted by atomic mass is 32.2. The second-order valence-corrected chi connectivity index (χ2v) is 6.45. The van der Waals surface area contributed by atoms with Gasteiger partial charge in [-0.15, -0.1) is 0 Å². The Morgan fingerprint density at radius 3 is 2.59 bits per heavy atom. The van der Waals surface area contributed by atoms with Crippen molar-refractivity contribution in [2.24, 2.45) is 11.8 Å². The third-order valence-corrected chi connectivity index (χ3v) is 5.01. The van der Waals surface area contributed by atoms with Gasteiger partial charge < -0.3 is 9.84 Å². The van der Waals surface area contributed by atoms with Gasteiger partial charge in [-0.05, 0) is 12.3 Å². The maximum Gasteiger partial charge on any atom is 0.306 e. The summed E-state index contributed by atoms with van der Waals surface area (Å²) in [6.45, 7) is 2.68. The number of rotatable bonds is 7. The van der Waals surface area contributed by atoms with Crippen LogP contribution in [0.25, 0.3) is 0 Å². The van der Waals surface area contributed by atoms with E-state index in [9.17, 15) is 13.2 Å². The monoisotopic (exact) mass is 265 g/mol. The zero-order chi connectivity index (χ0) is 13.1. The van der Waals surface area contributed by atoms with Gasteiger partial charge in [0.2, 0.25) is 10.0 Å². The van der Waals surface area contributed by atoms with Crippen molar-refractivity contribution in [1.82, 2.24) is 4.31 Å². The van der Waals surface area contributed by atoms with Crippen LogP contribution < -0.4 is 0 Å². The molecule has 1 atom stereocenters. The number of ether oxygens (including phenoxy) is 1. The van der Waals surface area contributed by atoms with Crippen LogP contribution in [0.15, 0.2) is 0 Å². The molecule has 1 fully saturated rings. The standard InChI is InChI=1S/C10H19NO5S/c1-8(10(12)13)9-6-11(7-9)17(14,15)5-3-4-16-2/h8-9H,3-7H2,1-2H3,(H,12,13). The molecule has 1 aliphatic heterocycles. The van der Waals surface area contributed by atoms with E-state index >= 15 is 0 Å². The Morgan fingerprint density at radius 2 is 2.12 bits per heavy atom. The van der Waals surface area contributed by atoms with E-state index in [0.29, 0.717) is 26.1 Å². The smallest absolute Gasteiger partial charge is 0.306 e. The fourth-order valence-electron chi connectivity index (χ4n) is 1.73. The van der Waals surface area contributed by atoms with Crippen LogP contribution in [0.2, 0.25) is 0 Å². The van der Waals surface area contributed by atoms with Gasteiger partial charge in [0, 0.05) is 26.8 Å². The molecule has 1 unspecified atom stereocenters. The van der Waals surface area contributed by atoms with Gasteiger partial charge in [-0.3, -0.25) is 4.79 Å². The third kappa shape index (κ3) is 3.65. The van der Waals surface area contributed by atoms with Crippen LogP contribution in [0.5, 0.6) is 0 Å². The van der Waals surface area contributed by atoms with Gasteiger partial charge in [0.1, 0.15) is 0 Å². The Balaban J connectivity index is 2.38.